The molecule has 0 aromatic heterocycles. The van der Waals surface area contributed by atoms with E-state index in [4.69, 9.17) is 4.74 Å². The molecule has 0 aromatic rings. The molecule has 0 bridgehead atoms. The first kappa shape index (κ1) is 7.96. The molecular formula is C7H15O-. The van der Waals surface area contributed by atoms with Crippen LogP contribution in [-0.2, 0) is 4.74 Å². The van der Waals surface area contributed by atoms with Crippen LogP contribution in [0.1, 0.15) is 33.1 Å². The molecule has 0 atom stereocenters. The predicted molar refractivity (Wildman–Crippen MR) is 35.5 cm³/mol. The molecule has 0 aliphatic rings. The third kappa shape index (κ3) is 5.96. The van der Waals surface area contributed by atoms with E-state index in [1.54, 1.807) is 6.61 Å². The van der Waals surface area contributed by atoms with E-state index in [0.29, 0.717) is 0 Å². The molecule has 0 aliphatic carbocycles. The van der Waals surface area contributed by atoms with E-state index in [2.05, 4.69) is 6.92 Å². The highest BCUT2D eigenvalue weighted by Crippen LogP contribution is 1.94. The molecule has 0 aliphatic heterocycles. The van der Waals surface area contributed by atoms with Crippen molar-refractivity contribution < 1.29 is 4.74 Å². The minimum absolute atomic E-state index is 0.893. The largest absolute Gasteiger partial charge is 0.552 e. The second-order valence-corrected chi connectivity index (χ2v) is 1.81. The third-order valence-electron chi connectivity index (χ3n) is 1.03. The molecule has 0 spiro atoms. The second-order valence-electron chi connectivity index (χ2n) is 1.81. The van der Waals surface area contributed by atoms with Gasteiger partial charge in [-0.25, -0.2) is 6.61 Å². The standard InChI is InChI=1S/C7H15O/c1-3-5-6-7-8-4-2/h4H,3,5-7H2,1-2H3/q-1. The molecule has 0 fully saturated rings. The molecule has 0 heterocycles. The Bertz CT molecular complexity index is 29.4. The fourth-order valence-corrected chi connectivity index (χ4v) is 0.553. The summed E-state index contributed by atoms with van der Waals surface area (Å²) in [6, 6.07) is 0. The van der Waals surface area contributed by atoms with Crippen LogP contribution >= 0.6 is 0 Å². The van der Waals surface area contributed by atoms with Crippen LogP contribution in [-0.4, -0.2) is 6.61 Å². The fraction of sp³-hybridized carbons (Fsp3) is 0.857. The van der Waals surface area contributed by atoms with Crippen molar-refractivity contribution >= 4 is 0 Å². The lowest BCUT2D eigenvalue weighted by atomic mass is 10.3. The predicted octanol–water partition coefficient (Wildman–Crippen LogP) is 2.37. The van der Waals surface area contributed by atoms with E-state index in [1.807, 2.05) is 6.92 Å². The Balaban J connectivity index is 2.53. The zero-order valence-corrected chi connectivity index (χ0v) is 5.81. The Hall–Kier alpha value is -0.0400. The minimum atomic E-state index is 0.893. The molecule has 0 radical (unpaired) electrons. The van der Waals surface area contributed by atoms with E-state index in [1.165, 1.54) is 19.3 Å². The van der Waals surface area contributed by atoms with Crippen LogP contribution in [0, 0.1) is 6.61 Å². The SMILES string of the molecule is C[CH-]OCCCCC. The maximum Gasteiger partial charge on any atom is 0.0112 e. The van der Waals surface area contributed by atoms with Crippen molar-refractivity contribution in [3.63, 3.8) is 0 Å². The molecule has 0 amide bonds. The van der Waals surface area contributed by atoms with E-state index < -0.39 is 0 Å². The average Bonchev–Trinajstić information content (AvgIpc) is 1.81. The van der Waals surface area contributed by atoms with Crippen molar-refractivity contribution in [1.29, 1.82) is 0 Å². The minimum Gasteiger partial charge on any atom is -0.552 e. The molecule has 0 saturated carbocycles. The topological polar surface area (TPSA) is 9.23 Å². The fourth-order valence-electron chi connectivity index (χ4n) is 0.553. The Labute approximate surface area is 52.0 Å². The summed E-state index contributed by atoms with van der Waals surface area (Å²) in [5, 5.41) is 0. The van der Waals surface area contributed by atoms with Gasteiger partial charge in [-0.3, -0.25) is 0 Å². The Morgan fingerprint density at radius 3 is 2.62 bits per heavy atom. The van der Waals surface area contributed by atoms with Gasteiger partial charge < -0.3 is 4.74 Å². The van der Waals surface area contributed by atoms with Gasteiger partial charge in [0.2, 0.25) is 0 Å². The first-order valence-corrected chi connectivity index (χ1v) is 3.31. The lowest BCUT2D eigenvalue weighted by molar-refractivity contribution is 0.198. The summed E-state index contributed by atoms with van der Waals surface area (Å²) in [5.41, 5.74) is 0. The molecule has 0 unspecified atom stereocenters. The summed E-state index contributed by atoms with van der Waals surface area (Å²) in [7, 11) is 0. The monoisotopic (exact) mass is 115 g/mol. The molecule has 0 rings (SSSR count). The number of hydrogen-bond acceptors (Lipinski definition) is 1. The molecule has 1 heteroatoms. The van der Waals surface area contributed by atoms with Crippen LogP contribution in [0.5, 0.6) is 0 Å². The van der Waals surface area contributed by atoms with Crippen LogP contribution in [0.15, 0.2) is 0 Å². The molecule has 50 valence electrons. The van der Waals surface area contributed by atoms with E-state index in [-0.39, 0.29) is 0 Å². The first-order chi connectivity index (χ1) is 3.91. The Kier molecular flexibility index (Phi) is 6.93. The highest BCUT2D eigenvalue weighted by atomic mass is 16.5. The molecule has 0 aromatic carbocycles. The third-order valence-corrected chi connectivity index (χ3v) is 1.03. The quantitative estimate of drug-likeness (QED) is 0.395. The summed E-state index contributed by atoms with van der Waals surface area (Å²) < 4.78 is 5.01. The Morgan fingerprint density at radius 1 is 1.38 bits per heavy atom. The van der Waals surface area contributed by atoms with Gasteiger partial charge in [0.05, 0.1) is 0 Å². The number of rotatable bonds is 5. The van der Waals surface area contributed by atoms with E-state index in [0.717, 1.165) is 6.61 Å². The van der Waals surface area contributed by atoms with E-state index in [9.17, 15) is 0 Å². The van der Waals surface area contributed by atoms with E-state index >= 15 is 0 Å². The normalized spacial score (nSPS) is 9.75. The Morgan fingerprint density at radius 2 is 2.12 bits per heavy atom. The smallest absolute Gasteiger partial charge is 0.0112 e. The average molecular weight is 115 g/mol. The van der Waals surface area contributed by atoms with Crippen LogP contribution in [0.4, 0.5) is 0 Å². The summed E-state index contributed by atoms with van der Waals surface area (Å²) >= 11 is 0. The number of hydrogen-bond donors (Lipinski definition) is 0. The van der Waals surface area contributed by atoms with Crippen molar-refractivity contribution in [2.75, 3.05) is 6.61 Å². The van der Waals surface area contributed by atoms with Crippen molar-refractivity contribution in [2.24, 2.45) is 0 Å². The summed E-state index contributed by atoms with van der Waals surface area (Å²) in [6.45, 7) is 6.74. The van der Waals surface area contributed by atoms with Gasteiger partial charge in [0.15, 0.2) is 0 Å². The van der Waals surface area contributed by atoms with Gasteiger partial charge in [-0.05, 0) is 6.42 Å². The van der Waals surface area contributed by atoms with Crippen molar-refractivity contribution in [1.82, 2.24) is 0 Å². The van der Waals surface area contributed by atoms with Gasteiger partial charge in [0.1, 0.15) is 0 Å². The molecule has 0 saturated heterocycles. The van der Waals surface area contributed by atoms with Crippen LogP contribution in [0.2, 0.25) is 0 Å². The maximum absolute atomic E-state index is 5.01. The maximum atomic E-state index is 5.01. The summed E-state index contributed by atoms with van der Waals surface area (Å²) in [4.78, 5) is 0. The summed E-state index contributed by atoms with van der Waals surface area (Å²) in [5.74, 6) is 0. The van der Waals surface area contributed by atoms with Crippen molar-refractivity contribution in [3.05, 3.63) is 6.61 Å². The van der Waals surface area contributed by atoms with Crippen molar-refractivity contribution in [2.45, 2.75) is 33.1 Å². The lowest BCUT2D eigenvalue weighted by Gasteiger charge is -2.07. The molecule has 0 N–H and O–H groups in total. The van der Waals surface area contributed by atoms with Gasteiger partial charge in [0, 0.05) is 6.61 Å². The number of unbranched alkanes of at least 4 members (excludes halogenated alkanes) is 2. The van der Waals surface area contributed by atoms with Crippen LogP contribution < -0.4 is 0 Å². The first-order valence-electron chi connectivity index (χ1n) is 3.31. The zero-order chi connectivity index (χ0) is 6.24. The molecular weight excluding hydrogens is 100 g/mol. The summed E-state index contributed by atoms with van der Waals surface area (Å²) in [6.07, 6.45) is 3.75. The second kappa shape index (κ2) is 6.96. The van der Waals surface area contributed by atoms with Crippen LogP contribution in [0.3, 0.4) is 0 Å². The van der Waals surface area contributed by atoms with Crippen molar-refractivity contribution in [3.8, 4) is 0 Å². The van der Waals surface area contributed by atoms with Crippen LogP contribution in [0.25, 0.3) is 0 Å². The highest BCUT2D eigenvalue weighted by Gasteiger charge is 1.78. The van der Waals surface area contributed by atoms with Gasteiger partial charge in [-0.1, -0.05) is 19.8 Å². The molecule has 1 nitrogen and oxygen atoms in total. The van der Waals surface area contributed by atoms with Gasteiger partial charge in [-0.2, -0.15) is 6.92 Å². The van der Waals surface area contributed by atoms with Gasteiger partial charge in [0.25, 0.3) is 0 Å². The number of ether oxygens (including phenoxy) is 1. The molecule has 8 heavy (non-hydrogen) atoms. The van der Waals surface area contributed by atoms with Gasteiger partial charge in [-0.15, -0.1) is 0 Å². The zero-order valence-electron chi connectivity index (χ0n) is 5.81. The van der Waals surface area contributed by atoms with Gasteiger partial charge >= 0.3 is 0 Å². The lowest BCUT2D eigenvalue weighted by Crippen LogP contribution is -1.87. The highest BCUT2D eigenvalue weighted by molar-refractivity contribution is 4.38.